The van der Waals surface area contributed by atoms with Gasteiger partial charge in [-0.05, 0) is 24.1 Å². The van der Waals surface area contributed by atoms with Gasteiger partial charge in [0.15, 0.2) is 0 Å². The average Bonchev–Trinajstić information content (AvgIpc) is 2.12. The van der Waals surface area contributed by atoms with Crippen LogP contribution in [-0.4, -0.2) is 11.0 Å². The average molecular weight is 217 g/mol. The Kier molecular flexibility index (Phi) is 4.13. The van der Waals surface area contributed by atoms with Crippen LogP contribution in [0.25, 0.3) is 6.08 Å². The lowest BCUT2D eigenvalue weighted by Gasteiger charge is -1.97. The summed E-state index contributed by atoms with van der Waals surface area (Å²) in [5, 5.41) is 9.51. The van der Waals surface area contributed by atoms with Crippen molar-refractivity contribution in [3.05, 3.63) is 34.9 Å². The first-order valence-electron chi connectivity index (χ1n) is 3.95. The number of rotatable bonds is 3. The van der Waals surface area contributed by atoms with Crippen molar-refractivity contribution in [3.8, 4) is 5.75 Å². The SMILES string of the molecule is Oc1ccc(C=CCCCl)cc1Cl. The summed E-state index contributed by atoms with van der Waals surface area (Å²) in [5.74, 6) is 0.721. The molecule has 0 atom stereocenters. The Morgan fingerprint density at radius 2 is 2.15 bits per heavy atom. The zero-order valence-corrected chi connectivity index (χ0v) is 8.52. The summed E-state index contributed by atoms with van der Waals surface area (Å²) in [6.07, 6.45) is 4.73. The third-order valence-corrected chi connectivity index (χ3v) is 2.08. The molecular weight excluding hydrogens is 207 g/mol. The van der Waals surface area contributed by atoms with E-state index < -0.39 is 0 Å². The number of aromatic hydroxyl groups is 1. The van der Waals surface area contributed by atoms with Crippen molar-refractivity contribution >= 4 is 29.3 Å². The van der Waals surface area contributed by atoms with Gasteiger partial charge in [0, 0.05) is 5.88 Å². The summed E-state index contributed by atoms with van der Waals surface area (Å²) in [4.78, 5) is 0. The van der Waals surface area contributed by atoms with Gasteiger partial charge >= 0.3 is 0 Å². The van der Waals surface area contributed by atoms with Crippen molar-refractivity contribution in [1.82, 2.24) is 0 Å². The molecule has 0 saturated heterocycles. The number of allylic oxidation sites excluding steroid dienone is 1. The number of hydrogen-bond donors (Lipinski definition) is 1. The standard InChI is InChI=1S/C10H10Cl2O/c11-6-2-1-3-8-4-5-10(13)9(12)7-8/h1,3-5,7,13H,2,6H2. The summed E-state index contributed by atoms with van der Waals surface area (Å²) in [7, 11) is 0. The lowest BCUT2D eigenvalue weighted by molar-refractivity contribution is 0.475. The molecule has 1 nitrogen and oxygen atoms in total. The van der Waals surface area contributed by atoms with Crippen LogP contribution in [0.2, 0.25) is 5.02 Å². The number of phenols is 1. The molecule has 0 aromatic heterocycles. The Balaban J connectivity index is 2.73. The van der Waals surface area contributed by atoms with Crippen LogP contribution < -0.4 is 0 Å². The van der Waals surface area contributed by atoms with Crippen molar-refractivity contribution in [2.24, 2.45) is 0 Å². The van der Waals surface area contributed by atoms with Gasteiger partial charge in [-0.3, -0.25) is 0 Å². The van der Waals surface area contributed by atoms with Gasteiger partial charge in [0.25, 0.3) is 0 Å². The second kappa shape index (κ2) is 5.15. The fourth-order valence-corrected chi connectivity index (χ4v) is 1.22. The molecule has 1 aromatic carbocycles. The van der Waals surface area contributed by atoms with E-state index in [9.17, 15) is 0 Å². The normalized spacial score (nSPS) is 10.9. The molecule has 3 heteroatoms. The van der Waals surface area contributed by atoms with Gasteiger partial charge in [-0.25, -0.2) is 0 Å². The highest BCUT2D eigenvalue weighted by Gasteiger charge is 1.96. The molecule has 1 rings (SSSR count). The molecule has 0 aliphatic carbocycles. The Labute approximate surface area is 87.6 Å². The van der Waals surface area contributed by atoms with E-state index in [1.54, 1.807) is 18.2 Å². The van der Waals surface area contributed by atoms with Gasteiger partial charge in [0.1, 0.15) is 5.75 Å². The molecule has 0 radical (unpaired) electrons. The van der Waals surface area contributed by atoms with E-state index in [2.05, 4.69) is 0 Å². The summed E-state index contributed by atoms with van der Waals surface area (Å²) in [6.45, 7) is 0. The number of hydrogen-bond acceptors (Lipinski definition) is 1. The third kappa shape index (κ3) is 3.29. The molecule has 0 saturated carbocycles. The number of halogens is 2. The third-order valence-electron chi connectivity index (χ3n) is 1.56. The first kappa shape index (κ1) is 10.4. The maximum absolute atomic E-state index is 9.14. The van der Waals surface area contributed by atoms with Gasteiger partial charge in [0.2, 0.25) is 0 Å². The Morgan fingerprint density at radius 1 is 1.38 bits per heavy atom. The molecule has 0 unspecified atom stereocenters. The molecule has 1 N–H and O–H groups in total. The van der Waals surface area contributed by atoms with Gasteiger partial charge < -0.3 is 5.11 Å². The molecule has 0 aliphatic heterocycles. The first-order chi connectivity index (χ1) is 6.24. The lowest BCUT2D eigenvalue weighted by atomic mass is 10.2. The molecule has 0 fully saturated rings. The number of alkyl halides is 1. The summed E-state index contributed by atoms with van der Waals surface area (Å²) in [6, 6.07) is 5.08. The smallest absolute Gasteiger partial charge is 0.134 e. The highest BCUT2D eigenvalue weighted by atomic mass is 35.5. The maximum Gasteiger partial charge on any atom is 0.134 e. The number of benzene rings is 1. The second-order valence-electron chi connectivity index (χ2n) is 2.59. The Bertz CT molecular complexity index is 308. The van der Waals surface area contributed by atoms with Crippen LogP contribution in [0.1, 0.15) is 12.0 Å². The Hall–Kier alpha value is -0.660. The zero-order valence-electron chi connectivity index (χ0n) is 7.00. The van der Waals surface area contributed by atoms with E-state index in [1.807, 2.05) is 12.2 Å². The molecule has 0 amide bonds. The van der Waals surface area contributed by atoms with Crippen molar-refractivity contribution in [2.45, 2.75) is 6.42 Å². The monoisotopic (exact) mass is 216 g/mol. The van der Waals surface area contributed by atoms with Crippen LogP contribution in [0.15, 0.2) is 24.3 Å². The maximum atomic E-state index is 9.14. The van der Waals surface area contributed by atoms with Crippen molar-refractivity contribution in [2.75, 3.05) is 5.88 Å². The molecule has 0 heterocycles. The molecule has 0 aliphatic rings. The minimum atomic E-state index is 0.108. The summed E-state index contributed by atoms with van der Waals surface area (Å²) < 4.78 is 0. The molecule has 70 valence electrons. The van der Waals surface area contributed by atoms with E-state index in [0.29, 0.717) is 10.9 Å². The lowest BCUT2D eigenvalue weighted by Crippen LogP contribution is -1.74. The molecular formula is C10H10Cl2O. The minimum absolute atomic E-state index is 0.108. The van der Waals surface area contributed by atoms with E-state index in [1.165, 1.54) is 0 Å². The Morgan fingerprint density at radius 3 is 2.77 bits per heavy atom. The largest absolute Gasteiger partial charge is 0.506 e. The zero-order chi connectivity index (χ0) is 9.68. The van der Waals surface area contributed by atoms with Gasteiger partial charge in [-0.15, -0.1) is 11.6 Å². The van der Waals surface area contributed by atoms with E-state index in [-0.39, 0.29) is 5.75 Å². The van der Waals surface area contributed by atoms with Gasteiger partial charge in [-0.2, -0.15) is 0 Å². The highest BCUT2D eigenvalue weighted by molar-refractivity contribution is 6.32. The van der Waals surface area contributed by atoms with Crippen molar-refractivity contribution in [3.63, 3.8) is 0 Å². The minimum Gasteiger partial charge on any atom is -0.506 e. The topological polar surface area (TPSA) is 20.2 Å². The van der Waals surface area contributed by atoms with Crippen LogP contribution in [-0.2, 0) is 0 Å². The van der Waals surface area contributed by atoms with Crippen molar-refractivity contribution < 1.29 is 5.11 Å². The second-order valence-corrected chi connectivity index (χ2v) is 3.38. The fraction of sp³-hybridized carbons (Fsp3) is 0.200. The fourth-order valence-electron chi connectivity index (χ4n) is 0.909. The van der Waals surface area contributed by atoms with Gasteiger partial charge in [0.05, 0.1) is 5.02 Å². The highest BCUT2D eigenvalue weighted by Crippen LogP contribution is 2.24. The van der Waals surface area contributed by atoms with Crippen LogP contribution in [0.5, 0.6) is 5.75 Å². The quantitative estimate of drug-likeness (QED) is 0.765. The van der Waals surface area contributed by atoms with Crippen LogP contribution in [0, 0.1) is 0 Å². The molecule has 0 bridgehead atoms. The summed E-state index contributed by atoms with van der Waals surface area (Å²) >= 11 is 11.2. The van der Waals surface area contributed by atoms with E-state index in [0.717, 1.165) is 12.0 Å². The molecule has 0 spiro atoms. The van der Waals surface area contributed by atoms with Crippen LogP contribution in [0.3, 0.4) is 0 Å². The predicted molar refractivity (Wildman–Crippen MR) is 57.5 cm³/mol. The van der Waals surface area contributed by atoms with Crippen molar-refractivity contribution in [1.29, 1.82) is 0 Å². The number of phenolic OH excluding ortho intramolecular Hbond substituents is 1. The van der Waals surface area contributed by atoms with E-state index >= 15 is 0 Å². The van der Waals surface area contributed by atoms with Gasteiger partial charge in [-0.1, -0.05) is 29.8 Å². The first-order valence-corrected chi connectivity index (χ1v) is 4.86. The van der Waals surface area contributed by atoms with E-state index in [4.69, 9.17) is 28.3 Å². The predicted octanol–water partition coefficient (Wildman–Crippen LogP) is 3.69. The molecule has 1 aromatic rings. The summed E-state index contributed by atoms with van der Waals surface area (Å²) in [5.41, 5.74) is 0.966. The molecule has 13 heavy (non-hydrogen) atoms. The van der Waals surface area contributed by atoms with Crippen LogP contribution in [0.4, 0.5) is 0 Å². The van der Waals surface area contributed by atoms with Crippen LogP contribution >= 0.6 is 23.2 Å².